The SMILES string of the molecule is C[C@@H](N)[C@@H]1CCCN(C(=O)c2ccccc2OCc2ccc(F)cc2)C1. The van der Waals surface area contributed by atoms with Gasteiger partial charge < -0.3 is 15.4 Å². The summed E-state index contributed by atoms with van der Waals surface area (Å²) >= 11 is 0. The fourth-order valence-corrected chi connectivity index (χ4v) is 3.30. The van der Waals surface area contributed by atoms with E-state index in [9.17, 15) is 9.18 Å². The second-order valence-corrected chi connectivity index (χ2v) is 6.92. The number of nitrogens with two attached hydrogens (primary N) is 1. The van der Waals surface area contributed by atoms with Gasteiger partial charge in [0.05, 0.1) is 5.56 Å². The van der Waals surface area contributed by atoms with Gasteiger partial charge in [0, 0.05) is 19.1 Å². The molecule has 26 heavy (non-hydrogen) atoms. The van der Waals surface area contributed by atoms with E-state index in [1.807, 2.05) is 24.0 Å². The predicted molar refractivity (Wildman–Crippen MR) is 99.5 cm³/mol. The number of likely N-dealkylation sites (tertiary alicyclic amines) is 1. The Morgan fingerprint density at radius 2 is 2.00 bits per heavy atom. The first kappa shape index (κ1) is 18.4. The third-order valence-electron chi connectivity index (χ3n) is 4.91. The van der Waals surface area contributed by atoms with Crippen molar-refractivity contribution in [2.45, 2.75) is 32.4 Å². The summed E-state index contributed by atoms with van der Waals surface area (Å²) in [5.41, 5.74) is 7.44. The quantitative estimate of drug-likeness (QED) is 0.890. The number of hydrogen-bond acceptors (Lipinski definition) is 3. The van der Waals surface area contributed by atoms with E-state index in [4.69, 9.17) is 10.5 Å². The summed E-state index contributed by atoms with van der Waals surface area (Å²) in [6, 6.07) is 13.5. The van der Waals surface area contributed by atoms with Crippen LogP contribution < -0.4 is 10.5 Å². The van der Waals surface area contributed by atoms with Gasteiger partial charge in [0.15, 0.2) is 0 Å². The molecule has 2 aromatic rings. The molecule has 0 aromatic heterocycles. The van der Waals surface area contributed by atoms with Crippen LogP contribution in [0.4, 0.5) is 4.39 Å². The molecule has 0 unspecified atom stereocenters. The van der Waals surface area contributed by atoms with E-state index in [1.165, 1.54) is 12.1 Å². The normalized spacial score (nSPS) is 18.4. The summed E-state index contributed by atoms with van der Waals surface area (Å²) in [4.78, 5) is 14.9. The van der Waals surface area contributed by atoms with E-state index in [2.05, 4.69) is 0 Å². The Kier molecular flexibility index (Phi) is 5.89. The minimum absolute atomic E-state index is 0.0231. The standard InChI is InChI=1S/C21H25FN2O2/c1-15(23)17-5-4-12-24(13-17)21(25)19-6-2-3-7-20(19)26-14-16-8-10-18(22)11-9-16/h2-3,6-11,15,17H,4-5,12-14,23H2,1H3/t15-,17-/m1/s1. The van der Waals surface area contributed by atoms with Crippen molar-refractivity contribution in [2.75, 3.05) is 13.1 Å². The lowest BCUT2D eigenvalue weighted by molar-refractivity contribution is 0.0656. The Hall–Kier alpha value is -2.40. The third kappa shape index (κ3) is 4.41. The van der Waals surface area contributed by atoms with Gasteiger partial charge in [-0.3, -0.25) is 4.79 Å². The molecule has 0 bridgehead atoms. The Morgan fingerprint density at radius 3 is 2.73 bits per heavy atom. The van der Waals surface area contributed by atoms with Gasteiger partial charge in [0.25, 0.3) is 5.91 Å². The monoisotopic (exact) mass is 356 g/mol. The van der Waals surface area contributed by atoms with Crippen LogP contribution >= 0.6 is 0 Å². The lowest BCUT2D eigenvalue weighted by Crippen LogP contribution is -2.45. The number of rotatable bonds is 5. The molecule has 1 aliphatic heterocycles. The van der Waals surface area contributed by atoms with Gasteiger partial charge in [-0.2, -0.15) is 0 Å². The maximum atomic E-state index is 13.0. The molecule has 2 atom stereocenters. The number of carbonyl (C=O) groups excluding carboxylic acids is 1. The number of halogens is 1. The van der Waals surface area contributed by atoms with Crippen LogP contribution in [0.1, 0.15) is 35.7 Å². The molecule has 138 valence electrons. The number of amides is 1. The number of nitrogens with zero attached hydrogens (tertiary/aromatic N) is 1. The van der Waals surface area contributed by atoms with Gasteiger partial charge >= 0.3 is 0 Å². The van der Waals surface area contributed by atoms with Gasteiger partial charge in [-0.15, -0.1) is 0 Å². The van der Waals surface area contributed by atoms with Crippen LogP contribution in [-0.2, 0) is 6.61 Å². The molecule has 0 saturated carbocycles. The minimum Gasteiger partial charge on any atom is -0.488 e. The highest BCUT2D eigenvalue weighted by Gasteiger charge is 2.27. The average Bonchev–Trinajstić information content (AvgIpc) is 2.67. The van der Waals surface area contributed by atoms with E-state index < -0.39 is 0 Å². The zero-order valence-corrected chi connectivity index (χ0v) is 15.0. The van der Waals surface area contributed by atoms with Crippen LogP contribution in [0.15, 0.2) is 48.5 Å². The van der Waals surface area contributed by atoms with Crippen molar-refractivity contribution in [3.8, 4) is 5.75 Å². The number of benzene rings is 2. The van der Waals surface area contributed by atoms with E-state index in [0.29, 0.717) is 23.8 Å². The highest BCUT2D eigenvalue weighted by Crippen LogP contribution is 2.25. The lowest BCUT2D eigenvalue weighted by Gasteiger charge is -2.35. The molecule has 1 heterocycles. The summed E-state index contributed by atoms with van der Waals surface area (Å²) < 4.78 is 18.9. The molecule has 3 rings (SSSR count). The minimum atomic E-state index is -0.280. The van der Waals surface area contributed by atoms with Crippen molar-refractivity contribution in [1.82, 2.24) is 4.90 Å². The van der Waals surface area contributed by atoms with Crippen molar-refractivity contribution in [2.24, 2.45) is 11.7 Å². The zero-order chi connectivity index (χ0) is 18.5. The average molecular weight is 356 g/mol. The smallest absolute Gasteiger partial charge is 0.257 e. The summed E-state index contributed by atoms with van der Waals surface area (Å²) in [6.45, 7) is 3.71. The first-order chi connectivity index (χ1) is 12.5. The second kappa shape index (κ2) is 8.32. The summed E-state index contributed by atoms with van der Waals surface area (Å²) in [5, 5.41) is 0. The van der Waals surface area contributed by atoms with E-state index in [-0.39, 0.29) is 24.4 Å². The van der Waals surface area contributed by atoms with E-state index >= 15 is 0 Å². The third-order valence-corrected chi connectivity index (χ3v) is 4.91. The maximum Gasteiger partial charge on any atom is 0.257 e. The maximum absolute atomic E-state index is 13.0. The Balaban J connectivity index is 1.71. The Morgan fingerprint density at radius 1 is 1.27 bits per heavy atom. The molecule has 0 radical (unpaired) electrons. The number of para-hydroxylation sites is 1. The van der Waals surface area contributed by atoms with Crippen LogP contribution in [0, 0.1) is 11.7 Å². The second-order valence-electron chi connectivity index (χ2n) is 6.92. The fraction of sp³-hybridized carbons (Fsp3) is 0.381. The van der Waals surface area contributed by atoms with Crippen molar-refractivity contribution in [3.05, 3.63) is 65.5 Å². The predicted octanol–water partition coefficient (Wildman–Crippen LogP) is 3.60. The highest BCUT2D eigenvalue weighted by molar-refractivity contribution is 5.97. The topological polar surface area (TPSA) is 55.6 Å². The summed E-state index contributed by atoms with van der Waals surface area (Å²) in [7, 11) is 0. The Labute approximate surface area is 153 Å². The van der Waals surface area contributed by atoms with E-state index in [0.717, 1.165) is 24.9 Å². The van der Waals surface area contributed by atoms with Crippen LogP contribution in [0.2, 0.25) is 0 Å². The number of hydrogen-bond donors (Lipinski definition) is 1. The summed E-state index contributed by atoms with van der Waals surface area (Å²) in [6.07, 6.45) is 2.03. The molecule has 4 nitrogen and oxygen atoms in total. The first-order valence-electron chi connectivity index (χ1n) is 9.05. The van der Waals surface area contributed by atoms with Crippen molar-refractivity contribution < 1.29 is 13.9 Å². The zero-order valence-electron chi connectivity index (χ0n) is 15.0. The molecule has 1 saturated heterocycles. The van der Waals surface area contributed by atoms with Crippen molar-refractivity contribution >= 4 is 5.91 Å². The first-order valence-corrected chi connectivity index (χ1v) is 9.05. The molecule has 2 aromatic carbocycles. The molecule has 1 amide bonds. The van der Waals surface area contributed by atoms with Crippen LogP contribution in [0.25, 0.3) is 0 Å². The molecule has 0 aliphatic carbocycles. The van der Waals surface area contributed by atoms with Crippen LogP contribution in [-0.4, -0.2) is 29.9 Å². The number of ether oxygens (including phenoxy) is 1. The molecule has 0 spiro atoms. The van der Waals surface area contributed by atoms with Gasteiger partial charge in [0.1, 0.15) is 18.2 Å². The van der Waals surface area contributed by atoms with Crippen molar-refractivity contribution in [1.29, 1.82) is 0 Å². The number of piperidine rings is 1. The Bertz CT molecular complexity index is 746. The molecule has 5 heteroatoms. The lowest BCUT2D eigenvalue weighted by atomic mass is 9.92. The molecular formula is C21H25FN2O2. The van der Waals surface area contributed by atoms with Gasteiger partial charge in [-0.1, -0.05) is 24.3 Å². The van der Waals surface area contributed by atoms with Gasteiger partial charge in [0.2, 0.25) is 0 Å². The molecule has 1 fully saturated rings. The van der Waals surface area contributed by atoms with Gasteiger partial charge in [-0.05, 0) is 55.5 Å². The van der Waals surface area contributed by atoms with Crippen LogP contribution in [0.3, 0.4) is 0 Å². The summed E-state index contributed by atoms with van der Waals surface area (Å²) in [5.74, 6) is 0.577. The van der Waals surface area contributed by atoms with Gasteiger partial charge in [-0.25, -0.2) is 4.39 Å². The van der Waals surface area contributed by atoms with E-state index in [1.54, 1.807) is 24.3 Å². The highest BCUT2D eigenvalue weighted by atomic mass is 19.1. The molecular weight excluding hydrogens is 331 g/mol. The fourth-order valence-electron chi connectivity index (χ4n) is 3.30. The molecule has 1 aliphatic rings. The largest absolute Gasteiger partial charge is 0.488 e. The van der Waals surface area contributed by atoms with Crippen LogP contribution in [0.5, 0.6) is 5.75 Å². The number of carbonyl (C=O) groups is 1. The van der Waals surface area contributed by atoms with Crippen molar-refractivity contribution in [3.63, 3.8) is 0 Å². The molecule has 2 N–H and O–H groups in total.